The molecule has 38 heavy (non-hydrogen) atoms. The third kappa shape index (κ3) is 8.70. The maximum Gasteiger partial charge on any atom is 0.265 e. The van der Waals surface area contributed by atoms with E-state index in [0.717, 1.165) is 11.6 Å². The predicted molar refractivity (Wildman–Crippen MR) is 140 cm³/mol. The Kier molecular flexibility index (Phi) is 11.6. The van der Waals surface area contributed by atoms with E-state index in [9.17, 15) is 21.6 Å². The van der Waals surface area contributed by atoms with Crippen molar-refractivity contribution in [1.29, 1.82) is 0 Å². The SMILES string of the molecule is NS(=O)(=O)c1cc2c(cc1Cl)N=C(CSCc1ccccc1)NS2(=O)=O.O=C[C@H](O)[C@@H](O)[C@@H](O)[C@H](O)CO. The summed E-state index contributed by atoms with van der Waals surface area (Å²) in [6.07, 6.45) is -6.84. The van der Waals surface area contributed by atoms with Crippen LogP contribution in [-0.4, -0.2) is 91.3 Å². The molecule has 4 atom stereocenters. The zero-order chi connectivity index (χ0) is 28.7. The largest absolute Gasteiger partial charge is 0.394 e. The van der Waals surface area contributed by atoms with Crippen LogP contribution >= 0.6 is 23.4 Å². The number of thioether (sulfide) groups is 1. The quantitative estimate of drug-likeness (QED) is 0.159. The number of carbonyl (C=O) groups excluding carboxylic acids is 1. The Labute approximate surface area is 228 Å². The molecule has 1 aliphatic heterocycles. The van der Waals surface area contributed by atoms with Gasteiger partial charge in [-0.3, -0.25) is 4.72 Å². The molecule has 0 saturated heterocycles. The highest BCUT2D eigenvalue weighted by Crippen LogP contribution is 2.35. The molecule has 0 unspecified atom stereocenters. The first kappa shape index (κ1) is 32.1. The van der Waals surface area contributed by atoms with Crippen LogP contribution in [0.5, 0.6) is 0 Å². The number of nitrogens with one attached hydrogen (secondary N) is 1. The molecule has 2 aromatic carbocycles. The average molecular weight is 612 g/mol. The minimum atomic E-state index is -4.15. The first-order valence-corrected chi connectivity index (χ1v) is 15.1. The molecule has 0 bridgehead atoms. The summed E-state index contributed by atoms with van der Waals surface area (Å²) in [6.45, 7) is -0.760. The molecular formula is C21H26ClN3O10S3. The third-order valence-electron chi connectivity index (χ3n) is 4.89. The number of hydrogen-bond donors (Lipinski definition) is 7. The number of sulfonamides is 2. The summed E-state index contributed by atoms with van der Waals surface area (Å²) >= 11 is 7.42. The number of nitrogens with two attached hydrogens (primary N) is 1. The van der Waals surface area contributed by atoms with Gasteiger partial charge in [0.25, 0.3) is 10.0 Å². The number of amidine groups is 1. The molecule has 13 nitrogen and oxygen atoms in total. The number of halogens is 1. The van der Waals surface area contributed by atoms with E-state index in [1.165, 1.54) is 17.8 Å². The van der Waals surface area contributed by atoms with Crippen LogP contribution in [0.15, 0.2) is 57.2 Å². The molecule has 0 saturated carbocycles. The second-order valence-corrected chi connectivity index (χ2v) is 12.4. The fourth-order valence-electron chi connectivity index (χ4n) is 2.94. The molecule has 210 valence electrons. The zero-order valence-corrected chi connectivity index (χ0v) is 22.7. The smallest absolute Gasteiger partial charge is 0.265 e. The Morgan fingerprint density at radius 2 is 1.71 bits per heavy atom. The van der Waals surface area contributed by atoms with Gasteiger partial charge in [-0.15, -0.1) is 11.8 Å². The van der Waals surface area contributed by atoms with Crippen LogP contribution in [0.4, 0.5) is 5.69 Å². The van der Waals surface area contributed by atoms with E-state index in [-0.39, 0.29) is 27.7 Å². The second kappa shape index (κ2) is 13.8. The van der Waals surface area contributed by atoms with Gasteiger partial charge in [0.1, 0.15) is 40.0 Å². The number of aliphatic hydroxyl groups excluding tert-OH is 5. The van der Waals surface area contributed by atoms with Crippen LogP contribution in [-0.2, 0) is 30.6 Å². The van der Waals surface area contributed by atoms with Gasteiger partial charge in [0.15, 0.2) is 6.29 Å². The summed E-state index contributed by atoms with van der Waals surface area (Å²) < 4.78 is 50.3. The van der Waals surface area contributed by atoms with Crippen molar-refractivity contribution in [3.63, 3.8) is 0 Å². The standard InChI is InChI=1S/C15H14ClN3O4S3.C6H12O6/c16-11-6-12-14(7-13(11)25(17,20)21)26(22,23)19-15(18-12)9-24-8-10-4-2-1-3-5-10;7-1-3(9)5(11)6(12)4(10)2-8/h1-7H,8-9H2,(H,18,19)(H2,17,20,21);1,3-6,8-12H,2H2/t;3-,4+,5+,6-/m.0/s1. The first-order valence-electron chi connectivity index (χ1n) is 10.6. The lowest BCUT2D eigenvalue weighted by molar-refractivity contribution is -0.136. The molecule has 1 heterocycles. The molecule has 0 fully saturated rings. The van der Waals surface area contributed by atoms with Crippen molar-refractivity contribution in [3.05, 3.63) is 53.1 Å². The number of aliphatic imine (C=N–C) groups is 1. The van der Waals surface area contributed by atoms with Crippen LogP contribution in [0, 0.1) is 0 Å². The van der Waals surface area contributed by atoms with E-state index >= 15 is 0 Å². The minimum absolute atomic E-state index is 0.0258. The van der Waals surface area contributed by atoms with E-state index in [2.05, 4.69) is 9.71 Å². The Bertz CT molecular complexity index is 1360. The van der Waals surface area contributed by atoms with Gasteiger partial charge >= 0.3 is 0 Å². The molecule has 0 aromatic heterocycles. The molecule has 0 aliphatic carbocycles. The van der Waals surface area contributed by atoms with E-state index in [0.29, 0.717) is 11.5 Å². The summed E-state index contributed by atoms with van der Waals surface area (Å²) in [5.41, 5.74) is 1.19. The highest BCUT2D eigenvalue weighted by atomic mass is 35.5. The molecule has 0 radical (unpaired) electrons. The number of aliphatic hydroxyl groups is 5. The predicted octanol–water partition coefficient (Wildman–Crippen LogP) is -1.14. The zero-order valence-electron chi connectivity index (χ0n) is 19.5. The maximum absolute atomic E-state index is 12.4. The molecule has 0 amide bonds. The van der Waals surface area contributed by atoms with Gasteiger partial charge in [-0.05, 0) is 17.7 Å². The molecule has 1 aliphatic rings. The van der Waals surface area contributed by atoms with Crippen LogP contribution in [0.25, 0.3) is 0 Å². The summed E-state index contributed by atoms with van der Waals surface area (Å²) in [4.78, 5) is 13.4. The Morgan fingerprint density at radius 1 is 1.08 bits per heavy atom. The van der Waals surface area contributed by atoms with E-state index in [1.807, 2.05) is 30.3 Å². The molecule has 2 aromatic rings. The van der Waals surface area contributed by atoms with Gasteiger partial charge in [0.05, 0.1) is 23.1 Å². The van der Waals surface area contributed by atoms with Gasteiger partial charge in [0.2, 0.25) is 10.0 Å². The molecule has 3 rings (SSSR count). The number of benzene rings is 2. The first-order chi connectivity index (χ1) is 17.7. The molecule has 17 heteroatoms. The van der Waals surface area contributed by atoms with E-state index in [4.69, 9.17) is 42.3 Å². The highest BCUT2D eigenvalue weighted by Gasteiger charge is 2.30. The number of aldehydes is 1. The van der Waals surface area contributed by atoms with Crippen LogP contribution < -0.4 is 9.86 Å². The number of hydrogen-bond acceptors (Lipinski definition) is 12. The lowest BCUT2D eigenvalue weighted by atomic mass is 10.0. The topological polar surface area (TPSA) is 237 Å². The van der Waals surface area contributed by atoms with Crippen molar-refractivity contribution < 1.29 is 47.2 Å². The number of rotatable bonds is 10. The fraction of sp³-hybridized carbons (Fsp3) is 0.333. The minimum Gasteiger partial charge on any atom is -0.394 e. The van der Waals surface area contributed by atoms with Crippen molar-refractivity contribution >= 4 is 61.2 Å². The lowest BCUT2D eigenvalue weighted by Crippen LogP contribution is -2.46. The Hall–Kier alpha value is -2.12. The Balaban J connectivity index is 0.000000358. The lowest BCUT2D eigenvalue weighted by Gasteiger charge is -2.22. The average Bonchev–Trinajstić information content (AvgIpc) is 2.86. The van der Waals surface area contributed by atoms with Gasteiger partial charge < -0.3 is 30.3 Å². The molecule has 0 spiro atoms. The van der Waals surface area contributed by atoms with Crippen LogP contribution in [0.3, 0.4) is 0 Å². The number of primary sulfonamides is 1. The van der Waals surface area contributed by atoms with Gasteiger partial charge in [0, 0.05) is 5.75 Å². The van der Waals surface area contributed by atoms with Crippen LogP contribution in [0.1, 0.15) is 5.56 Å². The van der Waals surface area contributed by atoms with Crippen molar-refractivity contribution in [2.24, 2.45) is 10.1 Å². The fourth-order valence-corrected chi connectivity index (χ4v) is 6.25. The number of nitrogens with zero attached hydrogens (tertiary/aromatic N) is 1. The van der Waals surface area contributed by atoms with Crippen molar-refractivity contribution in [2.45, 2.75) is 40.0 Å². The summed E-state index contributed by atoms with van der Waals surface area (Å²) in [5, 5.41) is 48.4. The normalized spacial score (nSPS) is 17.4. The van der Waals surface area contributed by atoms with E-state index in [1.54, 1.807) is 0 Å². The summed E-state index contributed by atoms with van der Waals surface area (Å²) in [7, 11) is -8.11. The monoisotopic (exact) mass is 611 g/mol. The van der Waals surface area contributed by atoms with Gasteiger partial charge in [-0.2, -0.15) is 0 Å². The van der Waals surface area contributed by atoms with Gasteiger partial charge in [-0.1, -0.05) is 41.9 Å². The highest BCUT2D eigenvalue weighted by molar-refractivity contribution is 7.99. The summed E-state index contributed by atoms with van der Waals surface area (Å²) in [6, 6.07) is 11.8. The van der Waals surface area contributed by atoms with Crippen LogP contribution in [0.2, 0.25) is 5.02 Å². The van der Waals surface area contributed by atoms with Crippen molar-refractivity contribution in [1.82, 2.24) is 4.72 Å². The number of fused-ring (bicyclic) bond motifs is 1. The van der Waals surface area contributed by atoms with Crippen molar-refractivity contribution in [2.75, 3.05) is 12.4 Å². The Morgan fingerprint density at radius 3 is 2.26 bits per heavy atom. The molecular weight excluding hydrogens is 586 g/mol. The molecule has 8 N–H and O–H groups in total. The van der Waals surface area contributed by atoms with Gasteiger partial charge in [-0.25, -0.2) is 27.0 Å². The summed E-state index contributed by atoms with van der Waals surface area (Å²) in [5.74, 6) is 1.28. The maximum atomic E-state index is 12.4. The van der Waals surface area contributed by atoms with Crippen molar-refractivity contribution in [3.8, 4) is 0 Å². The second-order valence-electron chi connectivity index (χ2n) is 7.80. The number of carbonyl (C=O) groups is 1. The van der Waals surface area contributed by atoms with E-state index < -0.39 is 56.0 Å². The third-order valence-corrected chi connectivity index (χ3v) is 8.69.